The average Bonchev–Trinajstić information content (AvgIpc) is 2.62. The zero-order valence-electron chi connectivity index (χ0n) is 8.21. The minimum atomic E-state index is -0.191. The van der Waals surface area contributed by atoms with Crippen molar-refractivity contribution < 1.29 is 9.52 Å². The molecule has 1 fully saturated rings. The molecule has 1 aromatic rings. The van der Waals surface area contributed by atoms with Crippen molar-refractivity contribution in [2.45, 2.75) is 45.1 Å². The summed E-state index contributed by atoms with van der Waals surface area (Å²) in [5, 5.41) is 9.72. The molecule has 0 bridgehead atoms. The van der Waals surface area contributed by atoms with Gasteiger partial charge in [-0.1, -0.05) is 6.42 Å². The van der Waals surface area contributed by atoms with Crippen LogP contribution >= 0.6 is 0 Å². The van der Waals surface area contributed by atoms with Crippen molar-refractivity contribution in [1.82, 2.24) is 0 Å². The quantitative estimate of drug-likeness (QED) is 0.720. The van der Waals surface area contributed by atoms with Gasteiger partial charge >= 0.3 is 0 Å². The first-order valence-corrected chi connectivity index (χ1v) is 4.93. The summed E-state index contributed by atoms with van der Waals surface area (Å²) in [4.78, 5) is 0. The van der Waals surface area contributed by atoms with E-state index >= 15 is 0 Å². The Morgan fingerprint density at radius 1 is 1.38 bits per heavy atom. The van der Waals surface area contributed by atoms with Crippen molar-refractivity contribution in [3.8, 4) is 0 Å². The Kier molecular flexibility index (Phi) is 2.16. The molecular formula is C11H16O2. The molecule has 2 nitrogen and oxygen atoms in total. The molecule has 0 amide bonds. The van der Waals surface area contributed by atoms with Gasteiger partial charge in [-0.2, -0.15) is 0 Å². The molecule has 1 N–H and O–H groups in total. The average molecular weight is 180 g/mol. The highest BCUT2D eigenvalue weighted by Crippen LogP contribution is 2.37. The maximum Gasteiger partial charge on any atom is 0.112 e. The van der Waals surface area contributed by atoms with Gasteiger partial charge in [0, 0.05) is 5.92 Å². The molecule has 1 aliphatic rings. The number of hydrogen-bond acceptors (Lipinski definition) is 2. The molecule has 1 aliphatic carbocycles. The molecule has 0 radical (unpaired) electrons. The summed E-state index contributed by atoms with van der Waals surface area (Å²) in [6.45, 7) is 4.11. The molecule has 1 heterocycles. The van der Waals surface area contributed by atoms with Gasteiger partial charge in [-0.15, -0.1) is 0 Å². The van der Waals surface area contributed by atoms with E-state index in [9.17, 15) is 5.11 Å². The van der Waals surface area contributed by atoms with Crippen molar-refractivity contribution in [3.05, 3.63) is 23.2 Å². The summed E-state index contributed by atoms with van der Waals surface area (Å²) in [5.74, 6) is 1.25. The van der Waals surface area contributed by atoms with Crippen LogP contribution in [0.4, 0.5) is 0 Å². The lowest BCUT2D eigenvalue weighted by Crippen LogP contribution is -2.11. The van der Waals surface area contributed by atoms with Crippen LogP contribution in [-0.2, 0) is 0 Å². The van der Waals surface area contributed by atoms with Crippen LogP contribution in [0.25, 0.3) is 0 Å². The normalized spacial score (nSPS) is 28.2. The predicted octanol–water partition coefficient (Wildman–Crippen LogP) is 2.52. The summed E-state index contributed by atoms with van der Waals surface area (Å²) in [6.07, 6.45) is 4.70. The number of aliphatic hydroxyl groups is 1. The second-order valence-corrected chi connectivity index (χ2v) is 4.01. The van der Waals surface area contributed by atoms with Gasteiger partial charge in [0.15, 0.2) is 0 Å². The second kappa shape index (κ2) is 3.18. The lowest BCUT2D eigenvalue weighted by atomic mass is 9.98. The molecule has 0 saturated heterocycles. The van der Waals surface area contributed by atoms with Crippen LogP contribution in [0.5, 0.6) is 0 Å². The molecular weight excluding hydrogens is 164 g/mol. The van der Waals surface area contributed by atoms with Crippen LogP contribution in [-0.4, -0.2) is 11.2 Å². The SMILES string of the molecule is Cc1coc(C2CCCC2O)c1C. The lowest BCUT2D eigenvalue weighted by Gasteiger charge is -2.12. The summed E-state index contributed by atoms with van der Waals surface area (Å²) in [5.41, 5.74) is 2.40. The Hall–Kier alpha value is -0.760. The number of rotatable bonds is 1. The van der Waals surface area contributed by atoms with E-state index in [-0.39, 0.29) is 12.0 Å². The van der Waals surface area contributed by atoms with Crippen LogP contribution in [0.15, 0.2) is 10.7 Å². The van der Waals surface area contributed by atoms with Crippen LogP contribution in [0.2, 0.25) is 0 Å². The Morgan fingerprint density at radius 3 is 2.62 bits per heavy atom. The monoisotopic (exact) mass is 180 g/mol. The van der Waals surface area contributed by atoms with Gasteiger partial charge in [-0.3, -0.25) is 0 Å². The van der Waals surface area contributed by atoms with E-state index in [0.29, 0.717) is 0 Å². The largest absolute Gasteiger partial charge is 0.468 e. The van der Waals surface area contributed by atoms with E-state index in [1.54, 1.807) is 6.26 Å². The first-order chi connectivity index (χ1) is 6.20. The molecule has 0 aromatic carbocycles. The third-order valence-corrected chi connectivity index (χ3v) is 3.14. The van der Waals surface area contributed by atoms with Gasteiger partial charge in [0.05, 0.1) is 12.4 Å². The second-order valence-electron chi connectivity index (χ2n) is 4.01. The summed E-state index contributed by atoms with van der Waals surface area (Å²) in [7, 11) is 0. The molecule has 13 heavy (non-hydrogen) atoms. The van der Waals surface area contributed by atoms with E-state index in [2.05, 4.69) is 6.92 Å². The topological polar surface area (TPSA) is 33.4 Å². The van der Waals surface area contributed by atoms with Crippen molar-refractivity contribution in [2.75, 3.05) is 0 Å². The van der Waals surface area contributed by atoms with Crippen molar-refractivity contribution in [1.29, 1.82) is 0 Å². The number of aliphatic hydroxyl groups excluding tert-OH is 1. The fourth-order valence-corrected chi connectivity index (χ4v) is 2.13. The van der Waals surface area contributed by atoms with E-state index < -0.39 is 0 Å². The number of aryl methyl sites for hydroxylation is 1. The Bertz CT molecular complexity index is 301. The molecule has 0 aliphatic heterocycles. The van der Waals surface area contributed by atoms with E-state index in [4.69, 9.17) is 4.42 Å². The highest BCUT2D eigenvalue weighted by Gasteiger charge is 2.30. The third kappa shape index (κ3) is 1.39. The first kappa shape index (κ1) is 8.82. The summed E-state index contributed by atoms with van der Waals surface area (Å²) >= 11 is 0. The van der Waals surface area contributed by atoms with E-state index in [1.165, 1.54) is 11.1 Å². The molecule has 2 heteroatoms. The molecule has 2 unspecified atom stereocenters. The number of hydrogen-bond donors (Lipinski definition) is 1. The van der Waals surface area contributed by atoms with Gasteiger partial charge in [0.25, 0.3) is 0 Å². The molecule has 1 saturated carbocycles. The van der Waals surface area contributed by atoms with Crippen LogP contribution < -0.4 is 0 Å². The van der Waals surface area contributed by atoms with Crippen LogP contribution in [0, 0.1) is 13.8 Å². The summed E-state index contributed by atoms with van der Waals surface area (Å²) < 4.78 is 5.49. The summed E-state index contributed by atoms with van der Waals surface area (Å²) in [6, 6.07) is 0. The van der Waals surface area contributed by atoms with Gasteiger partial charge in [-0.25, -0.2) is 0 Å². The predicted molar refractivity (Wildman–Crippen MR) is 50.8 cm³/mol. The maximum atomic E-state index is 9.72. The van der Waals surface area contributed by atoms with Crippen molar-refractivity contribution >= 4 is 0 Å². The third-order valence-electron chi connectivity index (χ3n) is 3.14. The van der Waals surface area contributed by atoms with Gasteiger partial charge in [0.1, 0.15) is 5.76 Å². The first-order valence-electron chi connectivity index (χ1n) is 4.93. The minimum absolute atomic E-state index is 0.191. The Labute approximate surface area is 78.6 Å². The standard InChI is InChI=1S/C11H16O2/c1-7-6-13-11(8(7)2)9-4-3-5-10(9)12/h6,9-10,12H,3-5H2,1-2H3. The lowest BCUT2D eigenvalue weighted by molar-refractivity contribution is 0.154. The van der Waals surface area contributed by atoms with E-state index in [1.807, 2.05) is 6.92 Å². The van der Waals surface area contributed by atoms with Gasteiger partial charge < -0.3 is 9.52 Å². The highest BCUT2D eigenvalue weighted by molar-refractivity contribution is 5.28. The van der Waals surface area contributed by atoms with Gasteiger partial charge in [0.2, 0.25) is 0 Å². The van der Waals surface area contributed by atoms with Gasteiger partial charge in [-0.05, 0) is 37.8 Å². The fourth-order valence-electron chi connectivity index (χ4n) is 2.13. The highest BCUT2D eigenvalue weighted by atomic mass is 16.3. The zero-order valence-corrected chi connectivity index (χ0v) is 8.21. The molecule has 0 spiro atoms. The maximum absolute atomic E-state index is 9.72. The van der Waals surface area contributed by atoms with Crippen molar-refractivity contribution in [2.24, 2.45) is 0 Å². The number of furan rings is 1. The minimum Gasteiger partial charge on any atom is -0.468 e. The van der Waals surface area contributed by atoms with E-state index in [0.717, 1.165) is 25.0 Å². The zero-order chi connectivity index (χ0) is 9.42. The molecule has 1 aromatic heterocycles. The van der Waals surface area contributed by atoms with Crippen molar-refractivity contribution in [3.63, 3.8) is 0 Å². The van der Waals surface area contributed by atoms with Crippen LogP contribution in [0.1, 0.15) is 42.1 Å². The molecule has 72 valence electrons. The molecule has 2 rings (SSSR count). The Morgan fingerprint density at radius 2 is 2.15 bits per heavy atom. The fraction of sp³-hybridized carbons (Fsp3) is 0.636. The molecule has 2 atom stereocenters. The van der Waals surface area contributed by atoms with Crippen LogP contribution in [0.3, 0.4) is 0 Å². The smallest absolute Gasteiger partial charge is 0.112 e. The Balaban J connectivity index is 2.29.